The minimum absolute atomic E-state index is 0.0569. The zero-order chi connectivity index (χ0) is 35.9. The number of amidine groups is 1. The van der Waals surface area contributed by atoms with E-state index in [0.717, 1.165) is 42.6 Å². The molecule has 18 nitrogen and oxygen atoms in total. The highest BCUT2D eigenvalue weighted by Crippen LogP contribution is 2.35. The molecule has 1 aromatic carbocycles. The van der Waals surface area contributed by atoms with Gasteiger partial charge in [-0.25, -0.2) is 9.78 Å². The van der Waals surface area contributed by atoms with Gasteiger partial charge < -0.3 is 36.8 Å². The standard InChI is InChI=1S/C29H38N8O10S2/c1-28(2)22(25(39)37(28)47-49(42,43)44)35-24(38)21(18-13-48-27(32)34-18)36-46-29(3,26(40)41)20-10-8-14-11-15(7-9-19(14)45-20)23(31)33-17-6-4-5-16(30)12-17/h7,9,11,13,16-17,20,22H,4-6,8,10,12,30H2,1-3H3,(H2,31,33)(H2,32,34)(H,35,38)(H,40,41)(H,42,43,44)/b36-21-/t16-,17+,20-,22-,29?/m1/s1. The second kappa shape index (κ2) is 13.5. The first-order valence-electron chi connectivity index (χ1n) is 15.3. The average molecular weight is 723 g/mol. The Morgan fingerprint density at radius 3 is 2.61 bits per heavy atom. The molecule has 2 aromatic rings. The number of hydrogen-bond acceptors (Lipinski definition) is 14. The monoisotopic (exact) mass is 722 g/mol. The number of nitrogen functional groups attached to an aromatic ring is 1. The van der Waals surface area contributed by atoms with Gasteiger partial charge in [-0.05, 0) is 83.1 Å². The SMILES string of the molecule is CC(O/N=C(\C(=O)N[C@@H]1C(=O)N(OS(=O)(=O)O)C1(C)C)c1csc(N)n1)(C(=O)O)[C@H]1CCc2cc(C(=N)N[C@H]3CCC[C@@H](N)C3)ccc2O1. The van der Waals surface area contributed by atoms with E-state index in [9.17, 15) is 27.9 Å². The van der Waals surface area contributed by atoms with E-state index in [1.54, 1.807) is 12.1 Å². The maximum absolute atomic E-state index is 13.5. The quantitative estimate of drug-likeness (QED) is 0.0553. The maximum Gasteiger partial charge on any atom is 0.418 e. The molecule has 2 amide bonds. The van der Waals surface area contributed by atoms with Crippen LogP contribution >= 0.6 is 11.3 Å². The molecule has 0 spiro atoms. The number of fused-ring (bicyclic) bond motifs is 1. The zero-order valence-electron chi connectivity index (χ0n) is 26.8. The Kier molecular flexibility index (Phi) is 9.90. The molecular weight excluding hydrogens is 684 g/mol. The minimum atomic E-state index is -5.03. The van der Waals surface area contributed by atoms with Crippen molar-refractivity contribution in [2.45, 2.75) is 94.7 Å². The van der Waals surface area contributed by atoms with E-state index in [4.69, 9.17) is 31.0 Å². The van der Waals surface area contributed by atoms with Gasteiger partial charge in [-0.3, -0.25) is 19.6 Å². The molecule has 0 bridgehead atoms. The number of nitrogens with two attached hydrogens (primary N) is 2. The van der Waals surface area contributed by atoms with Crippen LogP contribution in [0.15, 0.2) is 28.7 Å². The number of anilines is 1. The molecule has 1 aromatic heterocycles. The Labute approximate surface area is 285 Å². The summed E-state index contributed by atoms with van der Waals surface area (Å²) in [5.74, 6) is -2.80. The lowest BCUT2D eigenvalue weighted by molar-refractivity contribution is -0.218. The summed E-state index contributed by atoms with van der Waals surface area (Å²) in [6.45, 7) is 3.98. The third-order valence-corrected chi connectivity index (χ3v) is 9.84. The lowest BCUT2D eigenvalue weighted by Crippen LogP contribution is -2.76. The summed E-state index contributed by atoms with van der Waals surface area (Å²) in [5, 5.41) is 30.2. The minimum Gasteiger partial charge on any atom is -0.485 e. The predicted octanol–water partition coefficient (Wildman–Crippen LogP) is 0.708. The van der Waals surface area contributed by atoms with Crippen molar-refractivity contribution in [3.05, 3.63) is 40.4 Å². The van der Waals surface area contributed by atoms with Gasteiger partial charge in [-0.1, -0.05) is 5.16 Å². The van der Waals surface area contributed by atoms with Crippen molar-refractivity contribution in [2.75, 3.05) is 5.73 Å². The molecule has 2 fully saturated rings. The molecule has 1 aliphatic carbocycles. The number of aromatic nitrogens is 1. The summed E-state index contributed by atoms with van der Waals surface area (Å²) in [6.07, 6.45) is 3.19. The molecular formula is C29H38N8O10S2. The number of aliphatic carboxylic acids is 1. The van der Waals surface area contributed by atoms with Crippen LogP contribution in [-0.2, 0) is 40.3 Å². The fourth-order valence-corrected chi connectivity index (χ4v) is 6.98. The van der Waals surface area contributed by atoms with Gasteiger partial charge in [-0.2, -0.15) is 13.5 Å². The highest BCUT2D eigenvalue weighted by Gasteiger charge is 2.58. The van der Waals surface area contributed by atoms with Gasteiger partial charge in [0.15, 0.2) is 16.9 Å². The highest BCUT2D eigenvalue weighted by molar-refractivity contribution is 7.80. The van der Waals surface area contributed by atoms with E-state index in [-0.39, 0.29) is 35.2 Å². The number of carboxylic acid groups (broad SMARTS) is 1. The molecule has 2 aliphatic heterocycles. The van der Waals surface area contributed by atoms with E-state index in [2.05, 4.69) is 25.1 Å². The molecule has 20 heteroatoms. The van der Waals surface area contributed by atoms with Crippen LogP contribution in [0.5, 0.6) is 5.75 Å². The lowest BCUT2D eigenvalue weighted by atomic mass is 9.84. The van der Waals surface area contributed by atoms with Crippen molar-refractivity contribution in [2.24, 2.45) is 10.9 Å². The number of rotatable bonds is 11. The number of benzene rings is 1. The highest BCUT2D eigenvalue weighted by atomic mass is 32.3. The number of nitrogens with zero attached hydrogens (tertiary/aromatic N) is 3. The normalized spacial score (nSPS) is 24.8. The van der Waals surface area contributed by atoms with E-state index in [1.165, 1.54) is 26.2 Å². The van der Waals surface area contributed by atoms with E-state index >= 15 is 0 Å². The van der Waals surface area contributed by atoms with Gasteiger partial charge in [0, 0.05) is 23.0 Å². The van der Waals surface area contributed by atoms with Crippen LogP contribution in [0.2, 0.25) is 0 Å². The second-order valence-corrected chi connectivity index (χ2v) is 14.7. The number of carbonyl (C=O) groups excluding carboxylic acids is 2. The fraction of sp³-hybridized carbons (Fsp3) is 0.517. The van der Waals surface area contributed by atoms with Gasteiger partial charge in [-0.15, -0.1) is 15.6 Å². The number of carboxylic acids is 1. The average Bonchev–Trinajstić information content (AvgIpc) is 3.46. The van der Waals surface area contributed by atoms with Crippen LogP contribution in [0, 0.1) is 5.41 Å². The Bertz CT molecular complexity index is 1800. The molecule has 49 heavy (non-hydrogen) atoms. The van der Waals surface area contributed by atoms with Gasteiger partial charge in [0.25, 0.3) is 17.4 Å². The Hall–Kier alpha value is -4.37. The fourth-order valence-electron chi connectivity index (χ4n) is 5.97. The predicted molar refractivity (Wildman–Crippen MR) is 175 cm³/mol. The Morgan fingerprint density at radius 2 is 2.00 bits per heavy atom. The molecule has 5 rings (SSSR count). The number of hydrogen-bond donors (Lipinski definition) is 7. The second-order valence-electron chi connectivity index (χ2n) is 12.8. The van der Waals surface area contributed by atoms with Crippen LogP contribution < -0.4 is 26.8 Å². The number of nitrogens with one attached hydrogen (secondary N) is 3. The summed E-state index contributed by atoms with van der Waals surface area (Å²) in [5.41, 5.74) is 9.10. The van der Waals surface area contributed by atoms with Crippen molar-refractivity contribution in [1.29, 1.82) is 5.41 Å². The van der Waals surface area contributed by atoms with E-state index in [0.29, 0.717) is 22.8 Å². The van der Waals surface area contributed by atoms with Gasteiger partial charge in [0.1, 0.15) is 23.3 Å². The van der Waals surface area contributed by atoms with Gasteiger partial charge in [0.05, 0.1) is 5.54 Å². The lowest BCUT2D eigenvalue weighted by Gasteiger charge is -2.50. The van der Waals surface area contributed by atoms with E-state index in [1.807, 2.05) is 6.07 Å². The van der Waals surface area contributed by atoms with Crippen LogP contribution in [-0.4, -0.2) is 92.8 Å². The Balaban J connectivity index is 1.32. The molecule has 3 aliphatic rings. The molecule has 1 saturated carbocycles. The van der Waals surface area contributed by atoms with Crippen LogP contribution in [0.25, 0.3) is 0 Å². The van der Waals surface area contributed by atoms with Crippen LogP contribution in [0.3, 0.4) is 0 Å². The van der Waals surface area contributed by atoms with Gasteiger partial charge in [0.2, 0.25) is 0 Å². The van der Waals surface area contributed by atoms with E-state index < -0.39 is 57.2 Å². The molecule has 9 N–H and O–H groups in total. The number of hydroxylamine groups is 2. The molecule has 3 heterocycles. The van der Waals surface area contributed by atoms with Crippen molar-refractivity contribution in [1.82, 2.24) is 20.7 Å². The topological polar surface area (TPSA) is 282 Å². The maximum atomic E-state index is 13.5. The molecule has 5 atom stereocenters. The molecule has 1 unspecified atom stereocenters. The van der Waals surface area contributed by atoms with Crippen LogP contribution in [0.4, 0.5) is 5.13 Å². The first-order chi connectivity index (χ1) is 22.9. The zero-order valence-corrected chi connectivity index (χ0v) is 28.5. The summed E-state index contributed by atoms with van der Waals surface area (Å²) in [7, 11) is -5.03. The summed E-state index contributed by atoms with van der Waals surface area (Å²) in [4.78, 5) is 48.3. The number of carbonyl (C=O) groups is 3. The Morgan fingerprint density at radius 1 is 1.27 bits per heavy atom. The van der Waals surface area contributed by atoms with Crippen molar-refractivity contribution >= 4 is 56.2 Å². The summed E-state index contributed by atoms with van der Waals surface area (Å²) < 4.78 is 41.7. The van der Waals surface area contributed by atoms with Crippen molar-refractivity contribution in [3.8, 4) is 5.75 Å². The first kappa shape index (κ1) is 35.9. The van der Waals surface area contributed by atoms with Gasteiger partial charge >= 0.3 is 16.4 Å². The summed E-state index contributed by atoms with van der Waals surface area (Å²) >= 11 is 0.963. The largest absolute Gasteiger partial charge is 0.485 e. The number of ether oxygens (including phenoxy) is 1. The number of β-lactam (4-membered cyclic amide) rings is 1. The number of thiazole rings is 1. The number of oxime groups is 1. The summed E-state index contributed by atoms with van der Waals surface area (Å²) in [6, 6.07) is 4.07. The van der Waals surface area contributed by atoms with Crippen LogP contribution in [0.1, 0.15) is 69.7 Å². The molecule has 1 saturated heterocycles. The van der Waals surface area contributed by atoms with Crippen molar-refractivity contribution < 1.29 is 46.3 Å². The first-order valence-corrected chi connectivity index (χ1v) is 17.6. The van der Waals surface area contributed by atoms with Crippen molar-refractivity contribution in [3.63, 3.8) is 0 Å². The smallest absolute Gasteiger partial charge is 0.418 e. The molecule has 0 radical (unpaired) electrons. The number of amides is 2. The third-order valence-electron chi connectivity index (χ3n) is 8.82. The third kappa shape index (κ3) is 7.62. The molecule has 266 valence electrons. The number of aryl methyl sites for hydroxylation is 1.